The quantitative estimate of drug-likeness (QED) is 0.865. The van der Waals surface area contributed by atoms with Crippen molar-refractivity contribution in [1.82, 2.24) is 19.7 Å². The fourth-order valence-corrected chi connectivity index (χ4v) is 3.42. The minimum atomic E-state index is 0.413. The highest BCUT2D eigenvalue weighted by atomic mass is 16.6. The molecular weight excluding hydrogens is 304 g/mol. The predicted octanol–water partition coefficient (Wildman–Crippen LogP) is 2.23. The third-order valence-electron chi connectivity index (χ3n) is 4.68. The molecule has 2 aliphatic rings. The Hall–Kier alpha value is -2.08. The second kappa shape index (κ2) is 6.43. The Labute approximate surface area is 142 Å². The second-order valence-electron chi connectivity index (χ2n) is 6.78. The Morgan fingerprint density at radius 1 is 1.04 bits per heavy atom. The summed E-state index contributed by atoms with van der Waals surface area (Å²) in [6.07, 6.45) is 0.949. The number of aromatic nitrogens is 3. The molecule has 0 saturated heterocycles. The summed E-state index contributed by atoms with van der Waals surface area (Å²) in [5.74, 6) is 4.35. The number of hydrogen-bond donors (Lipinski definition) is 0. The molecule has 4 rings (SSSR count). The largest absolute Gasteiger partial charge is 0.486 e. The first-order valence-corrected chi connectivity index (χ1v) is 8.73. The zero-order valence-electron chi connectivity index (χ0n) is 14.4. The fraction of sp³-hybridized carbons (Fsp3) is 0.556. The summed E-state index contributed by atoms with van der Waals surface area (Å²) in [6, 6.07) is 6.27. The van der Waals surface area contributed by atoms with Crippen molar-refractivity contribution in [3.8, 4) is 11.5 Å². The summed E-state index contributed by atoms with van der Waals surface area (Å²) in [6.45, 7) is 9.52. The third-order valence-corrected chi connectivity index (χ3v) is 4.68. The second-order valence-corrected chi connectivity index (χ2v) is 6.78. The molecule has 128 valence electrons. The molecule has 0 radical (unpaired) electrons. The first-order valence-electron chi connectivity index (χ1n) is 8.73. The summed E-state index contributed by atoms with van der Waals surface area (Å²) in [4.78, 5) is 2.48. The standard InChI is InChI=1S/C18H24N4O2/c1-13(2)18-20-19-17-5-6-21(7-8-22(17)18)12-14-3-4-15-16(11-14)24-10-9-23-15/h3-4,11,13H,5-10,12H2,1-2H3. The molecule has 6 nitrogen and oxygen atoms in total. The number of ether oxygens (including phenoxy) is 2. The zero-order chi connectivity index (χ0) is 16.5. The van der Waals surface area contributed by atoms with E-state index < -0.39 is 0 Å². The van der Waals surface area contributed by atoms with Crippen molar-refractivity contribution in [2.24, 2.45) is 0 Å². The van der Waals surface area contributed by atoms with Gasteiger partial charge in [-0.3, -0.25) is 4.90 Å². The van der Waals surface area contributed by atoms with Crippen LogP contribution in [0.3, 0.4) is 0 Å². The van der Waals surface area contributed by atoms with Crippen molar-refractivity contribution in [1.29, 1.82) is 0 Å². The van der Waals surface area contributed by atoms with Gasteiger partial charge in [-0.2, -0.15) is 0 Å². The molecule has 0 spiro atoms. The van der Waals surface area contributed by atoms with Crippen molar-refractivity contribution in [2.45, 2.75) is 39.3 Å². The van der Waals surface area contributed by atoms with Gasteiger partial charge in [0.25, 0.3) is 0 Å². The van der Waals surface area contributed by atoms with Gasteiger partial charge in [-0.05, 0) is 17.7 Å². The van der Waals surface area contributed by atoms with Crippen molar-refractivity contribution in [2.75, 3.05) is 26.3 Å². The van der Waals surface area contributed by atoms with E-state index >= 15 is 0 Å². The minimum Gasteiger partial charge on any atom is -0.486 e. The maximum absolute atomic E-state index is 5.69. The van der Waals surface area contributed by atoms with E-state index in [4.69, 9.17) is 9.47 Å². The summed E-state index contributed by atoms with van der Waals surface area (Å²) in [5, 5.41) is 8.75. The van der Waals surface area contributed by atoms with Gasteiger partial charge in [-0.25, -0.2) is 0 Å². The number of nitrogens with zero attached hydrogens (tertiary/aromatic N) is 4. The van der Waals surface area contributed by atoms with Gasteiger partial charge in [0.1, 0.15) is 24.9 Å². The molecule has 2 aliphatic heterocycles. The molecule has 0 unspecified atom stereocenters. The molecule has 0 aliphatic carbocycles. The van der Waals surface area contributed by atoms with Crippen LogP contribution >= 0.6 is 0 Å². The topological polar surface area (TPSA) is 52.4 Å². The lowest BCUT2D eigenvalue weighted by Crippen LogP contribution is -2.27. The van der Waals surface area contributed by atoms with Crippen molar-refractivity contribution < 1.29 is 9.47 Å². The van der Waals surface area contributed by atoms with E-state index in [1.54, 1.807) is 0 Å². The molecule has 24 heavy (non-hydrogen) atoms. The molecule has 0 N–H and O–H groups in total. The van der Waals surface area contributed by atoms with E-state index in [-0.39, 0.29) is 0 Å². The number of benzene rings is 1. The summed E-state index contributed by atoms with van der Waals surface area (Å²) in [7, 11) is 0. The Morgan fingerprint density at radius 3 is 2.71 bits per heavy atom. The van der Waals surface area contributed by atoms with Gasteiger partial charge in [-0.1, -0.05) is 19.9 Å². The normalized spacial score (nSPS) is 17.6. The van der Waals surface area contributed by atoms with E-state index in [0.29, 0.717) is 19.1 Å². The van der Waals surface area contributed by atoms with Crippen LogP contribution in [0.15, 0.2) is 18.2 Å². The lowest BCUT2D eigenvalue weighted by Gasteiger charge is -2.22. The van der Waals surface area contributed by atoms with Crippen LogP contribution in [-0.4, -0.2) is 46.0 Å². The summed E-state index contributed by atoms with van der Waals surface area (Å²) >= 11 is 0. The number of fused-ring (bicyclic) bond motifs is 2. The molecular formula is C18H24N4O2. The van der Waals surface area contributed by atoms with E-state index in [9.17, 15) is 0 Å². The molecule has 3 heterocycles. The molecule has 6 heteroatoms. The van der Waals surface area contributed by atoms with Gasteiger partial charge in [-0.15, -0.1) is 10.2 Å². The van der Waals surface area contributed by atoms with Crippen LogP contribution in [0, 0.1) is 0 Å². The zero-order valence-corrected chi connectivity index (χ0v) is 14.4. The molecule has 2 aromatic rings. The van der Waals surface area contributed by atoms with Crippen LogP contribution in [-0.2, 0) is 19.5 Å². The van der Waals surface area contributed by atoms with Crippen molar-refractivity contribution in [3.63, 3.8) is 0 Å². The van der Waals surface area contributed by atoms with Crippen molar-refractivity contribution >= 4 is 0 Å². The maximum atomic E-state index is 5.69. The van der Waals surface area contributed by atoms with Gasteiger partial charge >= 0.3 is 0 Å². The predicted molar refractivity (Wildman–Crippen MR) is 90.5 cm³/mol. The van der Waals surface area contributed by atoms with Gasteiger partial charge in [0.05, 0.1) is 0 Å². The summed E-state index contributed by atoms with van der Waals surface area (Å²) < 4.78 is 13.6. The van der Waals surface area contributed by atoms with E-state index in [0.717, 1.165) is 55.7 Å². The smallest absolute Gasteiger partial charge is 0.161 e. The Bertz CT molecular complexity index is 726. The molecule has 0 amide bonds. The monoisotopic (exact) mass is 328 g/mol. The van der Waals surface area contributed by atoms with Crippen molar-refractivity contribution in [3.05, 3.63) is 35.4 Å². The highest BCUT2D eigenvalue weighted by Gasteiger charge is 2.20. The van der Waals surface area contributed by atoms with E-state index in [1.807, 2.05) is 6.07 Å². The van der Waals surface area contributed by atoms with E-state index in [2.05, 4.69) is 45.6 Å². The fourth-order valence-electron chi connectivity index (χ4n) is 3.42. The first kappa shape index (κ1) is 15.4. The van der Waals surface area contributed by atoms with Crippen LogP contribution < -0.4 is 9.47 Å². The van der Waals surface area contributed by atoms with Crippen LogP contribution in [0.1, 0.15) is 37.0 Å². The molecule has 0 bridgehead atoms. The average Bonchev–Trinajstić information content (AvgIpc) is 2.90. The van der Waals surface area contributed by atoms with Crippen LogP contribution in [0.25, 0.3) is 0 Å². The SMILES string of the molecule is CC(C)c1nnc2n1CCN(Cc1ccc3c(c1)OCCO3)CC2. The number of rotatable bonds is 3. The van der Waals surface area contributed by atoms with Gasteiger partial charge in [0.15, 0.2) is 11.5 Å². The minimum absolute atomic E-state index is 0.413. The molecule has 1 aromatic heterocycles. The number of hydrogen-bond acceptors (Lipinski definition) is 5. The Morgan fingerprint density at radius 2 is 1.88 bits per heavy atom. The summed E-state index contributed by atoms with van der Waals surface area (Å²) in [5.41, 5.74) is 1.26. The van der Waals surface area contributed by atoms with Crippen LogP contribution in [0.4, 0.5) is 0 Å². The van der Waals surface area contributed by atoms with Gasteiger partial charge < -0.3 is 14.0 Å². The Balaban J connectivity index is 1.45. The Kier molecular flexibility index (Phi) is 4.14. The maximum Gasteiger partial charge on any atom is 0.161 e. The molecule has 0 saturated carbocycles. The average molecular weight is 328 g/mol. The third kappa shape index (κ3) is 2.98. The van der Waals surface area contributed by atoms with Gasteiger partial charge in [0.2, 0.25) is 0 Å². The molecule has 1 aromatic carbocycles. The van der Waals surface area contributed by atoms with Crippen LogP contribution in [0.5, 0.6) is 11.5 Å². The van der Waals surface area contributed by atoms with E-state index in [1.165, 1.54) is 5.56 Å². The van der Waals surface area contributed by atoms with Gasteiger partial charge in [0, 0.05) is 38.5 Å². The van der Waals surface area contributed by atoms with Crippen LogP contribution in [0.2, 0.25) is 0 Å². The highest BCUT2D eigenvalue weighted by molar-refractivity contribution is 5.43. The lowest BCUT2D eigenvalue weighted by molar-refractivity contribution is 0.171. The first-order chi connectivity index (χ1) is 11.7. The molecule has 0 atom stereocenters. The molecule has 0 fully saturated rings. The lowest BCUT2D eigenvalue weighted by atomic mass is 10.1. The highest BCUT2D eigenvalue weighted by Crippen LogP contribution is 2.31.